The van der Waals surface area contributed by atoms with Gasteiger partial charge in [-0.2, -0.15) is 0 Å². The van der Waals surface area contributed by atoms with Gasteiger partial charge in [0, 0.05) is 11.3 Å². The molecule has 34 heavy (non-hydrogen) atoms. The molecule has 0 bridgehead atoms. The molecule has 1 fully saturated rings. The molecule has 2 atom stereocenters. The lowest BCUT2D eigenvalue weighted by molar-refractivity contribution is -0.170. The van der Waals surface area contributed by atoms with E-state index in [1.54, 1.807) is 0 Å². The van der Waals surface area contributed by atoms with Crippen LogP contribution in [-0.4, -0.2) is 26.2 Å². The summed E-state index contributed by atoms with van der Waals surface area (Å²) in [6.45, 7) is 17.5. The number of ether oxygens (including phenoxy) is 2. The van der Waals surface area contributed by atoms with Gasteiger partial charge in [-0.05, 0) is 35.2 Å². The van der Waals surface area contributed by atoms with Gasteiger partial charge in [-0.1, -0.05) is 101 Å². The van der Waals surface area contributed by atoms with Gasteiger partial charge in [-0.3, -0.25) is 9.59 Å². The third kappa shape index (κ3) is 4.06. The summed E-state index contributed by atoms with van der Waals surface area (Å²) >= 11 is 0. The Morgan fingerprint density at radius 1 is 0.912 bits per heavy atom. The quantitative estimate of drug-likeness (QED) is 0.285. The summed E-state index contributed by atoms with van der Waals surface area (Å²) in [5.41, 5.74) is 1.25. The average Bonchev–Trinajstić information content (AvgIpc) is 3.07. The summed E-state index contributed by atoms with van der Waals surface area (Å²) in [5.74, 6) is -1.78. The van der Waals surface area contributed by atoms with Gasteiger partial charge >= 0.3 is 11.9 Å². The molecule has 0 heterocycles. The Balaban J connectivity index is 2.49. The highest BCUT2D eigenvalue weighted by Crippen LogP contribution is 2.67. The minimum atomic E-state index is -1.49. The molecule has 0 aliphatic heterocycles. The van der Waals surface area contributed by atoms with Gasteiger partial charge in [0.15, 0.2) is 5.41 Å². The van der Waals surface area contributed by atoms with Crippen molar-refractivity contribution in [1.29, 1.82) is 0 Å². The topological polar surface area (TPSA) is 52.6 Å². The van der Waals surface area contributed by atoms with Gasteiger partial charge in [0.05, 0.1) is 14.2 Å². The fourth-order valence-corrected chi connectivity index (χ4v) is 5.94. The van der Waals surface area contributed by atoms with Crippen molar-refractivity contribution in [1.82, 2.24) is 0 Å². The zero-order chi connectivity index (χ0) is 25.5. The van der Waals surface area contributed by atoms with Crippen molar-refractivity contribution in [3.63, 3.8) is 0 Å². The van der Waals surface area contributed by atoms with E-state index < -0.39 is 28.7 Å². The first kappa shape index (κ1) is 26.0. The normalized spacial score (nSPS) is 23.6. The van der Waals surface area contributed by atoms with E-state index in [9.17, 15) is 9.59 Å². The van der Waals surface area contributed by atoms with Crippen molar-refractivity contribution in [2.45, 2.75) is 60.3 Å². The number of methoxy groups -OCH3 is 2. The molecule has 0 aromatic heterocycles. The molecular weight excluding hydrogens is 424 g/mol. The summed E-state index contributed by atoms with van der Waals surface area (Å²) in [4.78, 5) is 27.1. The van der Waals surface area contributed by atoms with Crippen LogP contribution >= 0.6 is 0 Å². The molecule has 2 aliphatic carbocycles. The lowest BCUT2D eigenvalue weighted by Crippen LogP contribution is -2.46. The molecule has 4 heteroatoms. The fraction of sp³-hybridized carbons (Fsp3) is 0.533. The van der Waals surface area contributed by atoms with Crippen LogP contribution in [0.4, 0.5) is 0 Å². The van der Waals surface area contributed by atoms with Crippen molar-refractivity contribution in [2.75, 3.05) is 14.2 Å². The molecule has 0 amide bonds. The maximum Gasteiger partial charge on any atom is 0.323 e. The predicted octanol–water partition coefficient (Wildman–Crippen LogP) is 6.64. The minimum absolute atomic E-state index is 0.0769. The van der Waals surface area contributed by atoms with E-state index in [1.165, 1.54) is 25.4 Å². The Bertz CT molecular complexity index is 968. The smallest absolute Gasteiger partial charge is 0.323 e. The Morgan fingerprint density at radius 2 is 1.38 bits per heavy atom. The first-order chi connectivity index (χ1) is 15.8. The predicted molar refractivity (Wildman–Crippen MR) is 136 cm³/mol. The zero-order valence-corrected chi connectivity index (χ0v) is 22.0. The van der Waals surface area contributed by atoms with E-state index in [4.69, 9.17) is 9.47 Å². The number of allylic oxidation sites excluding steroid dienone is 5. The summed E-state index contributed by atoms with van der Waals surface area (Å²) < 4.78 is 10.6. The molecule has 3 rings (SSSR count). The number of hydrogen-bond acceptors (Lipinski definition) is 4. The van der Waals surface area contributed by atoms with Crippen LogP contribution in [0.1, 0.15) is 65.9 Å². The van der Waals surface area contributed by atoms with Crippen LogP contribution in [0, 0.1) is 27.6 Å². The van der Waals surface area contributed by atoms with Gasteiger partial charge in [-0.25, -0.2) is 0 Å². The average molecular weight is 465 g/mol. The summed E-state index contributed by atoms with van der Waals surface area (Å²) in [6.07, 6.45) is 7.71. The highest BCUT2D eigenvalue weighted by molar-refractivity contribution is 6.02. The molecule has 1 saturated carbocycles. The van der Waals surface area contributed by atoms with E-state index in [1.807, 2.05) is 36.4 Å². The number of rotatable bonds is 4. The number of hydrogen-bond donors (Lipinski definition) is 0. The van der Waals surface area contributed by atoms with Gasteiger partial charge in [0.2, 0.25) is 0 Å². The first-order valence-electron chi connectivity index (χ1n) is 12.1. The molecule has 0 radical (unpaired) electrons. The van der Waals surface area contributed by atoms with E-state index in [0.29, 0.717) is 0 Å². The maximum atomic E-state index is 13.6. The van der Waals surface area contributed by atoms with E-state index >= 15 is 0 Å². The SMILES string of the molecule is C=CC1CC(C(=O)OC)(C(=O)OC)C(c2ccccc2)C12C=C(C(C)(C)C)CC(C(C)(C)C)=C2. The molecule has 0 saturated heterocycles. The third-order valence-electron chi connectivity index (χ3n) is 7.85. The molecule has 2 aliphatic rings. The Kier molecular flexibility index (Phi) is 6.78. The molecule has 0 N–H and O–H groups in total. The molecule has 1 aromatic rings. The second-order valence-electron chi connectivity index (χ2n) is 11.9. The maximum absolute atomic E-state index is 13.6. The minimum Gasteiger partial charge on any atom is -0.468 e. The molecule has 184 valence electrons. The van der Waals surface area contributed by atoms with Crippen molar-refractivity contribution in [3.8, 4) is 0 Å². The Hall–Kier alpha value is -2.62. The summed E-state index contributed by atoms with van der Waals surface area (Å²) in [5, 5.41) is 0. The van der Waals surface area contributed by atoms with Crippen molar-refractivity contribution in [2.24, 2.45) is 27.6 Å². The van der Waals surface area contributed by atoms with Crippen LogP contribution in [0.25, 0.3) is 0 Å². The monoisotopic (exact) mass is 464 g/mol. The number of carbonyl (C=O) groups is 2. The molecule has 1 aromatic carbocycles. The van der Waals surface area contributed by atoms with E-state index in [0.717, 1.165) is 12.0 Å². The lowest BCUT2D eigenvalue weighted by atomic mass is 9.58. The largest absolute Gasteiger partial charge is 0.468 e. The van der Waals surface area contributed by atoms with Crippen LogP contribution in [0.15, 0.2) is 66.3 Å². The first-order valence-corrected chi connectivity index (χ1v) is 12.1. The van der Waals surface area contributed by atoms with Crippen LogP contribution in [-0.2, 0) is 19.1 Å². The number of esters is 2. The van der Waals surface area contributed by atoms with Crippen LogP contribution < -0.4 is 0 Å². The van der Waals surface area contributed by atoms with Crippen LogP contribution in [0.2, 0.25) is 0 Å². The lowest BCUT2D eigenvalue weighted by Gasteiger charge is -2.45. The van der Waals surface area contributed by atoms with Crippen molar-refractivity contribution in [3.05, 3.63) is 71.8 Å². The van der Waals surface area contributed by atoms with Gasteiger partial charge in [0.1, 0.15) is 0 Å². The number of carbonyl (C=O) groups excluding carboxylic acids is 2. The molecule has 2 unspecified atom stereocenters. The fourth-order valence-electron chi connectivity index (χ4n) is 5.94. The van der Waals surface area contributed by atoms with Crippen LogP contribution in [0.3, 0.4) is 0 Å². The summed E-state index contributed by atoms with van der Waals surface area (Å²) in [6, 6.07) is 9.86. The second-order valence-corrected chi connectivity index (χ2v) is 11.9. The Morgan fingerprint density at radius 3 is 1.76 bits per heavy atom. The van der Waals surface area contributed by atoms with E-state index in [2.05, 4.69) is 60.3 Å². The number of benzene rings is 1. The molecular formula is C30H40O4. The van der Waals surface area contributed by atoms with Gasteiger partial charge in [0.25, 0.3) is 0 Å². The van der Waals surface area contributed by atoms with E-state index in [-0.39, 0.29) is 23.2 Å². The molecule has 1 spiro atoms. The Labute approximate surface area is 205 Å². The van der Waals surface area contributed by atoms with Crippen molar-refractivity contribution >= 4 is 11.9 Å². The van der Waals surface area contributed by atoms with Gasteiger partial charge < -0.3 is 9.47 Å². The van der Waals surface area contributed by atoms with Gasteiger partial charge in [-0.15, -0.1) is 6.58 Å². The zero-order valence-electron chi connectivity index (χ0n) is 22.0. The summed E-state index contributed by atoms with van der Waals surface area (Å²) in [7, 11) is 2.69. The standard InChI is InChI=1S/C30H40O4/c1-10-21-19-30(25(31)33-8,26(32)34-9)24(20-14-12-11-13-15-20)29(21)17-22(27(2,3)4)16-23(18-29)28(5,6)7/h10-15,17-18,21,24H,1,16,19H2,2-9H3. The van der Waals surface area contributed by atoms with Crippen molar-refractivity contribution < 1.29 is 19.1 Å². The highest BCUT2D eigenvalue weighted by atomic mass is 16.5. The third-order valence-corrected chi connectivity index (χ3v) is 7.85. The highest BCUT2D eigenvalue weighted by Gasteiger charge is 2.69. The van der Waals surface area contributed by atoms with Crippen LogP contribution in [0.5, 0.6) is 0 Å². The molecule has 4 nitrogen and oxygen atoms in total. The second kappa shape index (κ2) is 8.87.